The van der Waals surface area contributed by atoms with Crippen LogP contribution in [0.25, 0.3) is 0 Å². The molecular formula is C29H31N3O5. The fourth-order valence-electron chi connectivity index (χ4n) is 6.02. The third-order valence-corrected chi connectivity index (χ3v) is 8.40. The minimum atomic E-state index is -0.723. The van der Waals surface area contributed by atoms with Gasteiger partial charge >= 0.3 is 12.1 Å². The van der Waals surface area contributed by atoms with Crippen LogP contribution < -0.4 is 10.2 Å². The molecule has 3 fully saturated rings. The third kappa shape index (κ3) is 4.14. The first-order valence-corrected chi connectivity index (χ1v) is 12.9. The number of benzene rings is 2. The molecule has 3 aliphatic rings. The van der Waals surface area contributed by atoms with Gasteiger partial charge < -0.3 is 19.3 Å². The summed E-state index contributed by atoms with van der Waals surface area (Å²) in [6, 6.07) is 17.7. The molecule has 8 nitrogen and oxygen atoms in total. The predicted octanol–water partition coefficient (Wildman–Crippen LogP) is 5.79. The zero-order valence-corrected chi connectivity index (χ0v) is 21.1. The highest BCUT2D eigenvalue weighted by molar-refractivity contribution is 5.86. The topological polar surface area (TPSA) is 105 Å². The largest absolute Gasteiger partial charge is 0.481 e. The van der Waals surface area contributed by atoms with Gasteiger partial charge in [-0.15, -0.1) is 0 Å². The maximum Gasteiger partial charge on any atom is 0.412 e. The number of aryl methyl sites for hydroxylation is 1. The van der Waals surface area contributed by atoms with Crippen molar-refractivity contribution >= 4 is 23.4 Å². The van der Waals surface area contributed by atoms with Crippen molar-refractivity contribution in [2.45, 2.75) is 57.0 Å². The highest BCUT2D eigenvalue weighted by Crippen LogP contribution is 2.58. The molecule has 0 unspecified atom stereocenters. The standard InChI is InChI=1S/C29H31N3O5/c1-18-24(30-27(35)36-19(2)20-6-4-3-5-7-20)25(37-31-18)21-14-28(15-21)16-32(17-28)23-10-8-22(9-11-23)29(12-13-29)26(33)34/h3-11,19,21H,12-17H2,1-2H3,(H,30,35)(H,33,34)/t19-/m1/s1. The summed E-state index contributed by atoms with van der Waals surface area (Å²) in [4.78, 5) is 26.5. The Morgan fingerprint density at radius 1 is 1.11 bits per heavy atom. The number of carbonyl (C=O) groups excluding carboxylic acids is 1. The van der Waals surface area contributed by atoms with Gasteiger partial charge in [-0.25, -0.2) is 4.79 Å². The molecule has 2 N–H and O–H groups in total. The molecule has 1 saturated heterocycles. The van der Waals surface area contributed by atoms with Gasteiger partial charge in [0.25, 0.3) is 0 Å². The Balaban J connectivity index is 1.04. The Bertz CT molecular complexity index is 1320. The number of hydrogen-bond acceptors (Lipinski definition) is 6. The van der Waals surface area contributed by atoms with Gasteiger partial charge in [-0.05, 0) is 62.8 Å². The second-order valence-corrected chi connectivity index (χ2v) is 11.0. The fourth-order valence-corrected chi connectivity index (χ4v) is 6.02. The Labute approximate surface area is 215 Å². The zero-order valence-electron chi connectivity index (χ0n) is 21.1. The number of ether oxygens (including phenoxy) is 1. The van der Waals surface area contributed by atoms with E-state index in [1.807, 2.05) is 68.4 Å². The van der Waals surface area contributed by atoms with Crippen molar-refractivity contribution in [1.82, 2.24) is 5.16 Å². The van der Waals surface area contributed by atoms with Crippen molar-refractivity contribution in [2.24, 2.45) is 5.41 Å². The lowest BCUT2D eigenvalue weighted by Gasteiger charge is -2.59. The number of nitrogens with one attached hydrogen (secondary N) is 1. The van der Waals surface area contributed by atoms with Gasteiger partial charge in [0.2, 0.25) is 0 Å². The number of amides is 1. The summed E-state index contributed by atoms with van der Waals surface area (Å²) in [6.07, 6.45) is 2.50. The lowest BCUT2D eigenvalue weighted by atomic mass is 9.57. The van der Waals surface area contributed by atoms with E-state index < -0.39 is 17.5 Å². The fraction of sp³-hybridized carbons (Fsp3) is 0.414. The molecule has 1 atom stereocenters. The van der Waals surface area contributed by atoms with E-state index in [1.165, 1.54) is 0 Å². The maximum atomic E-state index is 12.6. The first kappa shape index (κ1) is 23.6. The summed E-state index contributed by atoms with van der Waals surface area (Å²) < 4.78 is 11.2. The lowest BCUT2D eigenvalue weighted by molar-refractivity contribution is -0.140. The first-order valence-electron chi connectivity index (χ1n) is 12.9. The van der Waals surface area contributed by atoms with Gasteiger partial charge in [-0.2, -0.15) is 0 Å². The molecule has 1 amide bonds. The molecule has 1 spiro atoms. The van der Waals surface area contributed by atoms with Crippen LogP contribution in [0.3, 0.4) is 0 Å². The molecule has 0 radical (unpaired) electrons. The Morgan fingerprint density at radius 2 is 1.78 bits per heavy atom. The van der Waals surface area contributed by atoms with E-state index in [0.717, 1.165) is 61.3 Å². The van der Waals surface area contributed by atoms with Crippen molar-refractivity contribution in [2.75, 3.05) is 23.3 Å². The molecule has 2 heterocycles. The van der Waals surface area contributed by atoms with Crippen LogP contribution in [0.1, 0.15) is 67.2 Å². The van der Waals surface area contributed by atoms with Gasteiger partial charge in [0.15, 0.2) is 5.76 Å². The highest BCUT2D eigenvalue weighted by Gasteiger charge is 2.55. The van der Waals surface area contributed by atoms with Gasteiger partial charge in [0.05, 0.1) is 5.41 Å². The van der Waals surface area contributed by atoms with Crippen LogP contribution in [0.4, 0.5) is 16.2 Å². The molecule has 2 saturated carbocycles. The molecule has 2 aromatic carbocycles. The van der Waals surface area contributed by atoms with E-state index in [4.69, 9.17) is 9.26 Å². The molecule has 6 rings (SSSR count). The summed E-state index contributed by atoms with van der Waals surface area (Å²) >= 11 is 0. The van der Waals surface area contributed by atoms with E-state index in [2.05, 4.69) is 15.4 Å². The van der Waals surface area contributed by atoms with Crippen LogP contribution >= 0.6 is 0 Å². The summed E-state index contributed by atoms with van der Waals surface area (Å²) in [6.45, 7) is 5.58. The van der Waals surface area contributed by atoms with E-state index in [-0.39, 0.29) is 17.4 Å². The number of aliphatic carboxylic acids is 1. The van der Waals surface area contributed by atoms with Crippen LogP contribution in [0.5, 0.6) is 0 Å². The van der Waals surface area contributed by atoms with Gasteiger partial charge in [0.1, 0.15) is 17.5 Å². The molecule has 3 aromatic rings. The second-order valence-electron chi connectivity index (χ2n) is 11.0. The minimum absolute atomic E-state index is 0.206. The normalized spacial score (nSPS) is 20.0. The summed E-state index contributed by atoms with van der Waals surface area (Å²) in [5.41, 5.74) is 3.80. The maximum absolute atomic E-state index is 12.6. The van der Waals surface area contributed by atoms with Crippen molar-refractivity contribution in [3.05, 3.63) is 77.2 Å². The Hall–Kier alpha value is -3.81. The van der Waals surface area contributed by atoms with Gasteiger partial charge in [-0.3, -0.25) is 10.1 Å². The SMILES string of the molecule is Cc1noc(C2CC3(C2)CN(c2ccc(C4(C(=O)O)CC4)cc2)C3)c1NC(=O)O[C@H](C)c1ccccc1. The summed E-state index contributed by atoms with van der Waals surface area (Å²) in [7, 11) is 0. The molecule has 1 aromatic heterocycles. The van der Waals surface area contributed by atoms with E-state index >= 15 is 0 Å². The van der Waals surface area contributed by atoms with Crippen LogP contribution in [0.2, 0.25) is 0 Å². The molecule has 37 heavy (non-hydrogen) atoms. The average molecular weight is 502 g/mol. The van der Waals surface area contributed by atoms with Crippen molar-refractivity contribution < 1.29 is 24.0 Å². The van der Waals surface area contributed by atoms with E-state index in [0.29, 0.717) is 11.4 Å². The van der Waals surface area contributed by atoms with Crippen molar-refractivity contribution in [3.63, 3.8) is 0 Å². The predicted molar refractivity (Wildman–Crippen MR) is 138 cm³/mol. The number of anilines is 2. The third-order valence-electron chi connectivity index (χ3n) is 8.40. The summed E-state index contributed by atoms with van der Waals surface area (Å²) in [5.74, 6) is 0.204. The Kier molecular flexibility index (Phi) is 5.51. The zero-order chi connectivity index (χ0) is 25.8. The molecule has 0 bridgehead atoms. The van der Waals surface area contributed by atoms with Crippen molar-refractivity contribution in [3.8, 4) is 0 Å². The molecule has 8 heteroatoms. The molecule has 1 aliphatic heterocycles. The number of carbonyl (C=O) groups is 2. The number of rotatable bonds is 7. The quantitative estimate of drug-likeness (QED) is 0.422. The number of hydrogen-bond donors (Lipinski definition) is 2. The molecule has 2 aliphatic carbocycles. The van der Waals surface area contributed by atoms with E-state index in [9.17, 15) is 14.7 Å². The Morgan fingerprint density at radius 3 is 2.41 bits per heavy atom. The minimum Gasteiger partial charge on any atom is -0.481 e. The number of carboxylic acid groups (broad SMARTS) is 1. The van der Waals surface area contributed by atoms with Gasteiger partial charge in [0, 0.05) is 30.1 Å². The van der Waals surface area contributed by atoms with Gasteiger partial charge in [-0.1, -0.05) is 47.6 Å². The van der Waals surface area contributed by atoms with Crippen LogP contribution in [0, 0.1) is 12.3 Å². The number of aromatic nitrogens is 1. The summed E-state index contributed by atoms with van der Waals surface area (Å²) in [5, 5.41) is 16.5. The second kappa shape index (κ2) is 8.64. The average Bonchev–Trinajstić information content (AvgIpc) is 3.59. The number of nitrogens with zero attached hydrogens (tertiary/aromatic N) is 2. The van der Waals surface area contributed by atoms with E-state index in [1.54, 1.807) is 0 Å². The molecular weight excluding hydrogens is 470 g/mol. The van der Waals surface area contributed by atoms with Crippen LogP contribution in [-0.2, 0) is 14.9 Å². The van der Waals surface area contributed by atoms with Crippen LogP contribution in [0.15, 0.2) is 59.1 Å². The monoisotopic (exact) mass is 501 g/mol. The highest BCUT2D eigenvalue weighted by atomic mass is 16.6. The number of carboxylic acids is 1. The van der Waals surface area contributed by atoms with Crippen molar-refractivity contribution in [1.29, 1.82) is 0 Å². The lowest BCUT2D eigenvalue weighted by Crippen LogP contribution is -2.61. The molecule has 192 valence electrons. The first-order chi connectivity index (χ1) is 17.8. The smallest absolute Gasteiger partial charge is 0.412 e. The van der Waals surface area contributed by atoms with Crippen LogP contribution in [-0.4, -0.2) is 35.4 Å².